The summed E-state index contributed by atoms with van der Waals surface area (Å²) in [5.74, 6) is -0.0120. The summed E-state index contributed by atoms with van der Waals surface area (Å²) in [7, 11) is 0. The molecule has 76 valence electrons. The average molecular weight is 277 g/mol. The number of ether oxygens (including phenoxy) is 1. The molecule has 0 aliphatic carbocycles. The van der Waals surface area contributed by atoms with E-state index in [-0.39, 0.29) is 11.8 Å². The molecule has 0 spiro atoms. The summed E-state index contributed by atoms with van der Waals surface area (Å²) >= 11 is 4.69. The monoisotopic (exact) mass is 276 g/mol. The van der Waals surface area contributed by atoms with Crippen LogP contribution in [0.5, 0.6) is 0 Å². The van der Waals surface area contributed by atoms with E-state index in [9.17, 15) is 4.79 Å². The van der Waals surface area contributed by atoms with Crippen LogP contribution in [-0.2, 0) is 9.53 Å². The van der Waals surface area contributed by atoms with Gasteiger partial charge in [-0.05, 0) is 22.4 Å². The first-order valence-corrected chi connectivity index (χ1v) is 5.86. The fourth-order valence-electron chi connectivity index (χ4n) is 1.26. The van der Waals surface area contributed by atoms with Crippen molar-refractivity contribution in [2.45, 2.75) is 6.42 Å². The maximum Gasteiger partial charge on any atom is 0.231 e. The van der Waals surface area contributed by atoms with Crippen molar-refractivity contribution in [3.05, 3.63) is 9.98 Å². The predicted molar refractivity (Wildman–Crippen MR) is 57.4 cm³/mol. The molecule has 2 rings (SSSR count). The number of halogens is 1. The van der Waals surface area contributed by atoms with E-state index in [2.05, 4.69) is 26.2 Å². The van der Waals surface area contributed by atoms with Gasteiger partial charge in [0, 0.05) is 6.61 Å². The van der Waals surface area contributed by atoms with E-state index in [1.54, 1.807) is 6.20 Å². The predicted octanol–water partition coefficient (Wildman–Crippen LogP) is 1.88. The molecule has 14 heavy (non-hydrogen) atoms. The molecule has 1 aliphatic heterocycles. The Morgan fingerprint density at radius 3 is 3.21 bits per heavy atom. The van der Waals surface area contributed by atoms with Gasteiger partial charge >= 0.3 is 0 Å². The highest BCUT2D eigenvalue weighted by molar-refractivity contribution is 9.11. The molecular formula is C8H9BrN2O2S. The lowest BCUT2D eigenvalue weighted by molar-refractivity contribution is -0.119. The highest BCUT2D eigenvalue weighted by atomic mass is 79.9. The molecule has 1 unspecified atom stereocenters. The third-order valence-electron chi connectivity index (χ3n) is 2.01. The summed E-state index contributed by atoms with van der Waals surface area (Å²) in [6, 6.07) is 0. The van der Waals surface area contributed by atoms with Crippen LogP contribution in [0.15, 0.2) is 9.98 Å². The molecule has 4 nitrogen and oxygen atoms in total. The van der Waals surface area contributed by atoms with Crippen LogP contribution in [0, 0.1) is 5.92 Å². The fourth-order valence-corrected chi connectivity index (χ4v) is 2.37. The molecule has 1 aliphatic rings. The fraction of sp³-hybridized carbons (Fsp3) is 0.500. The van der Waals surface area contributed by atoms with Crippen LogP contribution in [0.25, 0.3) is 0 Å². The minimum absolute atomic E-state index is 0.00403. The zero-order valence-corrected chi connectivity index (χ0v) is 9.73. The number of rotatable bonds is 2. The second-order valence-corrected chi connectivity index (χ2v) is 5.43. The first-order chi connectivity index (χ1) is 6.75. The smallest absolute Gasteiger partial charge is 0.231 e. The molecule has 0 radical (unpaired) electrons. The Bertz CT molecular complexity index is 336. The van der Waals surface area contributed by atoms with Crippen molar-refractivity contribution < 1.29 is 9.53 Å². The lowest BCUT2D eigenvalue weighted by atomic mass is 10.1. The van der Waals surface area contributed by atoms with E-state index in [4.69, 9.17) is 4.74 Å². The number of aromatic nitrogens is 1. The summed E-state index contributed by atoms with van der Waals surface area (Å²) in [4.78, 5) is 15.6. The van der Waals surface area contributed by atoms with Gasteiger partial charge in [0.1, 0.15) is 0 Å². The number of carbonyl (C=O) groups excluding carboxylic acids is 1. The largest absolute Gasteiger partial charge is 0.381 e. The van der Waals surface area contributed by atoms with E-state index < -0.39 is 0 Å². The number of hydrogen-bond acceptors (Lipinski definition) is 4. The van der Waals surface area contributed by atoms with Crippen LogP contribution in [0.2, 0.25) is 0 Å². The third kappa shape index (κ3) is 2.31. The van der Waals surface area contributed by atoms with Crippen molar-refractivity contribution in [1.82, 2.24) is 4.98 Å². The molecule has 0 bridgehead atoms. The average Bonchev–Trinajstić information content (AvgIpc) is 2.75. The second-order valence-electron chi connectivity index (χ2n) is 3.02. The Morgan fingerprint density at radius 2 is 2.64 bits per heavy atom. The summed E-state index contributed by atoms with van der Waals surface area (Å²) < 4.78 is 6.05. The molecule has 1 amide bonds. The lowest BCUT2D eigenvalue weighted by Crippen LogP contribution is -2.22. The molecule has 2 heterocycles. The number of nitrogens with zero attached hydrogens (tertiary/aromatic N) is 1. The number of carbonyl (C=O) groups is 1. The summed E-state index contributed by atoms with van der Waals surface area (Å²) in [5, 5.41) is 3.40. The van der Waals surface area contributed by atoms with Crippen LogP contribution in [0.3, 0.4) is 0 Å². The molecule has 6 heteroatoms. The third-order valence-corrected chi connectivity index (χ3v) is 3.40. The molecule has 0 saturated carbocycles. The maximum absolute atomic E-state index is 11.6. The highest BCUT2D eigenvalue weighted by Gasteiger charge is 2.23. The van der Waals surface area contributed by atoms with E-state index in [0.717, 1.165) is 10.2 Å². The van der Waals surface area contributed by atoms with Gasteiger partial charge in [0.15, 0.2) is 5.13 Å². The van der Waals surface area contributed by atoms with Crippen LogP contribution < -0.4 is 5.32 Å². The Morgan fingerprint density at radius 1 is 1.79 bits per heavy atom. The number of nitrogens with one attached hydrogen (secondary N) is 1. The standard InChI is InChI=1S/C8H9BrN2O2S/c9-6-3-10-8(14-6)11-7(12)5-1-2-13-4-5/h3,5H,1-2,4H2,(H,10,11,12). The Hall–Kier alpha value is -0.460. The molecule has 1 fully saturated rings. The normalized spacial score (nSPS) is 21.1. The molecule has 0 aromatic carbocycles. The van der Waals surface area contributed by atoms with Gasteiger partial charge in [0.05, 0.1) is 22.5 Å². The van der Waals surface area contributed by atoms with Gasteiger partial charge in [-0.15, -0.1) is 0 Å². The summed E-state index contributed by atoms with van der Waals surface area (Å²) in [5.41, 5.74) is 0. The summed E-state index contributed by atoms with van der Waals surface area (Å²) in [6.45, 7) is 1.21. The quantitative estimate of drug-likeness (QED) is 0.898. The van der Waals surface area contributed by atoms with E-state index in [0.29, 0.717) is 18.3 Å². The second kappa shape index (κ2) is 4.37. The molecule has 1 aromatic heterocycles. The molecular weight excluding hydrogens is 268 g/mol. The zero-order chi connectivity index (χ0) is 9.97. The summed E-state index contributed by atoms with van der Waals surface area (Å²) in [6.07, 6.45) is 2.48. The SMILES string of the molecule is O=C(Nc1ncc(Br)s1)C1CCOC1. The number of amides is 1. The van der Waals surface area contributed by atoms with Crippen molar-refractivity contribution in [2.24, 2.45) is 5.92 Å². The minimum atomic E-state index is -0.0160. The van der Waals surface area contributed by atoms with Gasteiger partial charge in [-0.3, -0.25) is 4.79 Å². The number of hydrogen-bond donors (Lipinski definition) is 1. The Kier molecular flexibility index (Phi) is 3.15. The van der Waals surface area contributed by atoms with Crippen LogP contribution in [-0.4, -0.2) is 24.1 Å². The van der Waals surface area contributed by atoms with E-state index in [1.165, 1.54) is 11.3 Å². The maximum atomic E-state index is 11.6. The van der Waals surface area contributed by atoms with Crippen LogP contribution in [0.4, 0.5) is 5.13 Å². The highest BCUT2D eigenvalue weighted by Crippen LogP contribution is 2.24. The number of thiazole rings is 1. The van der Waals surface area contributed by atoms with E-state index in [1.807, 2.05) is 0 Å². The first kappa shape index (κ1) is 10.1. The van der Waals surface area contributed by atoms with Crippen molar-refractivity contribution in [1.29, 1.82) is 0 Å². The molecule has 1 N–H and O–H groups in total. The Labute approximate surface area is 93.8 Å². The Balaban J connectivity index is 1.93. The van der Waals surface area contributed by atoms with E-state index >= 15 is 0 Å². The van der Waals surface area contributed by atoms with Crippen molar-refractivity contribution in [2.75, 3.05) is 18.5 Å². The minimum Gasteiger partial charge on any atom is -0.381 e. The van der Waals surface area contributed by atoms with Crippen molar-refractivity contribution >= 4 is 38.3 Å². The first-order valence-electron chi connectivity index (χ1n) is 4.25. The molecule has 1 aromatic rings. The van der Waals surface area contributed by atoms with Gasteiger partial charge in [-0.25, -0.2) is 4.98 Å². The van der Waals surface area contributed by atoms with Gasteiger partial charge in [0.25, 0.3) is 0 Å². The van der Waals surface area contributed by atoms with Crippen molar-refractivity contribution in [3.8, 4) is 0 Å². The molecule has 1 saturated heterocycles. The van der Waals surface area contributed by atoms with Gasteiger partial charge in [-0.1, -0.05) is 11.3 Å². The van der Waals surface area contributed by atoms with Gasteiger partial charge < -0.3 is 10.1 Å². The number of anilines is 1. The molecule has 1 atom stereocenters. The topological polar surface area (TPSA) is 51.2 Å². The lowest BCUT2D eigenvalue weighted by Gasteiger charge is -2.05. The van der Waals surface area contributed by atoms with Crippen LogP contribution in [0.1, 0.15) is 6.42 Å². The van der Waals surface area contributed by atoms with Gasteiger partial charge in [-0.2, -0.15) is 0 Å². The van der Waals surface area contributed by atoms with Crippen LogP contribution >= 0.6 is 27.3 Å². The van der Waals surface area contributed by atoms with Crippen molar-refractivity contribution in [3.63, 3.8) is 0 Å². The zero-order valence-electron chi connectivity index (χ0n) is 7.33. The van der Waals surface area contributed by atoms with Gasteiger partial charge in [0.2, 0.25) is 5.91 Å².